The van der Waals surface area contributed by atoms with Gasteiger partial charge in [-0.05, 0) is 37.3 Å². The molecule has 1 aromatic carbocycles. The number of aryl methyl sites for hydroxylation is 1. The molecular weight excluding hydrogens is 363 g/mol. The van der Waals surface area contributed by atoms with E-state index in [0.29, 0.717) is 16.4 Å². The van der Waals surface area contributed by atoms with Crippen molar-refractivity contribution >= 4 is 35.1 Å². The van der Waals surface area contributed by atoms with Gasteiger partial charge in [-0.1, -0.05) is 17.7 Å². The zero-order valence-electron chi connectivity index (χ0n) is 12.6. The van der Waals surface area contributed by atoms with Crippen LogP contribution in [0.5, 0.6) is 0 Å². The van der Waals surface area contributed by atoms with E-state index < -0.39 is 11.7 Å². The Hall–Kier alpha value is -2.13. The maximum absolute atomic E-state index is 12.8. The first kappa shape index (κ1) is 18.2. The number of hydrazone groups is 1. The van der Waals surface area contributed by atoms with Crippen LogP contribution in [0.4, 0.5) is 13.2 Å². The summed E-state index contributed by atoms with van der Waals surface area (Å²) in [6.07, 6.45) is -3.04. The van der Waals surface area contributed by atoms with Crippen LogP contribution >= 0.6 is 23.8 Å². The quantitative estimate of drug-likeness (QED) is 0.491. The van der Waals surface area contributed by atoms with E-state index in [1.807, 2.05) is 0 Å². The van der Waals surface area contributed by atoms with Gasteiger partial charge >= 0.3 is 6.18 Å². The molecule has 0 atom stereocenters. The molecule has 0 saturated carbocycles. The lowest BCUT2D eigenvalue weighted by Gasteiger charge is -2.09. The number of nitrogens with zero attached hydrogens (tertiary/aromatic N) is 3. The zero-order chi connectivity index (χ0) is 17.9. The fourth-order valence-corrected chi connectivity index (χ4v) is 2.23. The average Bonchev–Trinajstić information content (AvgIpc) is 2.82. The third-order valence-electron chi connectivity index (χ3n) is 3.05. The molecule has 0 saturated heterocycles. The number of nitrogens with one attached hydrogen (secondary N) is 2. The van der Waals surface area contributed by atoms with Crippen molar-refractivity contribution in [3.63, 3.8) is 0 Å². The van der Waals surface area contributed by atoms with Crippen LogP contribution < -0.4 is 10.7 Å². The van der Waals surface area contributed by atoms with Crippen LogP contribution in [0.25, 0.3) is 5.69 Å². The molecule has 1 heterocycles. The summed E-state index contributed by atoms with van der Waals surface area (Å²) in [4.78, 5) is 0. The first-order valence-corrected chi connectivity index (χ1v) is 7.46. The number of hydrogen-bond donors (Lipinski definition) is 2. The Labute approximate surface area is 146 Å². The summed E-state index contributed by atoms with van der Waals surface area (Å²) in [5.41, 5.74) is 2.97. The Morgan fingerprint density at radius 1 is 1.42 bits per heavy atom. The average molecular weight is 376 g/mol. The van der Waals surface area contributed by atoms with Gasteiger partial charge in [0, 0.05) is 7.05 Å². The predicted molar refractivity (Wildman–Crippen MR) is 90.7 cm³/mol. The molecule has 2 aromatic rings. The van der Waals surface area contributed by atoms with Crippen molar-refractivity contribution < 1.29 is 13.2 Å². The van der Waals surface area contributed by atoms with Crippen LogP contribution in [-0.4, -0.2) is 28.2 Å². The van der Waals surface area contributed by atoms with Gasteiger partial charge in [-0.25, -0.2) is 4.68 Å². The topological polar surface area (TPSA) is 54.2 Å². The predicted octanol–water partition coefficient (Wildman–Crippen LogP) is 3.28. The van der Waals surface area contributed by atoms with Crippen LogP contribution in [0.15, 0.2) is 29.4 Å². The first-order valence-electron chi connectivity index (χ1n) is 6.67. The molecule has 5 nitrogen and oxygen atoms in total. The molecule has 2 N–H and O–H groups in total. The molecular formula is C14H13ClF3N5S. The molecule has 128 valence electrons. The molecule has 1 aromatic heterocycles. The van der Waals surface area contributed by atoms with Crippen LogP contribution in [0.1, 0.15) is 16.8 Å². The molecule has 0 radical (unpaired) electrons. The fraction of sp³-hybridized carbons (Fsp3) is 0.214. The van der Waals surface area contributed by atoms with Crippen molar-refractivity contribution in [2.24, 2.45) is 5.10 Å². The van der Waals surface area contributed by atoms with Gasteiger partial charge in [-0.3, -0.25) is 5.43 Å². The molecule has 2 rings (SSSR count). The van der Waals surface area contributed by atoms with Gasteiger partial charge < -0.3 is 5.32 Å². The summed E-state index contributed by atoms with van der Waals surface area (Å²) in [7, 11) is 1.63. The number of hydrogen-bond acceptors (Lipinski definition) is 3. The Morgan fingerprint density at radius 2 is 2.12 bits per heavy atom. The van der Waals surface area contributed by atoms with Gasteiger partial charge in [-0.15, -0.1) is 0 Å². The second-order valence-electron chi connectivity index (χ2n) is 4.70. The third kappa shape index (κ3) is 4.04. The van der Waals surface area contributed by atoms with Crippen molar-refractivity contribution in [3.8, 4) is 5.69 Å². The van der Waals surface area contributed by atoms with E-state index in [2.05, 4.69) is 20.9 Å². The monoisotopic (exact) mass is 375 g/mol. The van der Waals surface area contributed by atoms with E-state index in [9.17, 15) is 13.2 Å². The summed E-state index contributed by atoms with van der Waals surface area (Å²) >= 11 is 11.1. The Morgan fingerprint density at radius 3 is 2.75 bits per heavy atom. The standard InChI is InChI=1S/C14H13ClF3N5S/c1-8-11(7-20-21-13(24)19-2)12(15)23(22-8)10-5-3-4-9(6-10)14(16,17)18/h3-7H,1-2H3,(H2,19,21,24). The van der Waals surface area contributed by atoms with E-state index in [0.717, 1.165) is 12.1 Å². The smallest absolute Gasteiger partial charge is 0.364 e. The Kier molecular flexibility index (Phi) is 5.45. The summed E-state index contributed by atoms with van der Waals surface area (Å²) < 4.78 is 39.7. The van der Waals surface area contributed by atoms with Crippen LogP contribution in [0.3, 0.4) is 0 Å². The molecule has 0 aliphatic heterocycles. The SMILES string of the molecule is CNC(=S)NN=Cc1c(C)nn(-c2cccc(C(F)(F)F)c2)c1Cl. The van der Waals surface area contributed by atoms with Gasteiger partial charge in [0.05, 0.1) is 28.7 Å². The number of thiocarbonyl (C=S) groups is 1. The molecule has 10 heteroatoms. The van der Waals surface area contributed by atoms with Gasteiger partial charge in [0.15, 0.2) is 5.11 Å². The highest BCUT2D eigenvalue weighted by molar-refractivity contribution is 7.80. The lowest BCUT2D eigenvalue weighted by Crippen LogP contribution is -2.28. The minimum atomic E-state index is -4.44. The van der Waals surface area contributed by atoms with E-state index in [1.165, 1.54) is 23.0 Å². The normalized spacial score (nSPS) is 11.8. The first-order chi connectivity index (χ1) is 11.2. The maximum Gasteiger partial charge on any atom is 0.416 e. The molecule has 0 bridgehead atoms. The summed E-state index contributed by atoms with van der Waals surface area (Å²) in [5, 5.41) is 11.2. The Balaban J connectivity index is 2.37. The fourth-order valence-electron chi connectivity index (χ4n) is 1.85. The van der Waals surface area contributed by atoms with E-state index in [1.54, 1.807) is 14.0 Å². The van der Waals surface area contributed by atoms with Crippen molar-refractivity contribution in [2.75, 3.05) is 7.05 Å². The molecule has 24 heavy (non-hydrogen) atoms. The number of benzene rings is 1. The molecule has 0 spiro atoms. The molecule has 0 fully saturated rings. The van der Waals surface area contributed by atoms with Gasteiger partial charge in [0.25, 0.3) is 0 Å². The summed E-state index contributed by atoms with van der Waals surface area (Å²) in [6.45, 7) is 1.67. The van der Waals surface area contributed by atoms with Crippen molar-refractivity contribution in [1.29, 1.82) is 0 Å². The van der Waals surface area contributed by atoms with E-state index >= 15 is 0 Å². The highest BCUT2D eigenvalue weighted by Crippen LogP contribution is 2.31. The largest absolute Gasteiger partial charge is 0.416 e. The van der Waals surface area contributed by atoms with Crippen LogP contribution in [0, 0.1) is 6.92 Å². The van der Waals surface area contributed by atoms with E-state index in [4.69, 9.17) is 23.8 Å². The number of rotatable bonds is 3. The van der Waals surface area contributed by atoms with E-state index in [-0.39, 0.29) is 10.8 Å². The molecule has 0 aliphatic rings. The van der Waals surface area contributed by atoms with Crippen molar-refractivity contribution in [3.05, 3.63) is 46.2 Å². The minimum absolute atomic E-state index is 0.146. The lowest BCUT2D eigenvalue weighted by molar-refractivity contribution is -0.137. The summed E-state index contributed by atoms with van der Waals surface area (Å²) in [5.74, 6) is 0. The highest BCUT2D eigenvalue weighted by atomic mass is 35.5. The number of alkyl halides is 3. The second-order valence-corrected chi connectivity index (χ2v) is 5.47. The number of aromatic nitrogens is 2. The maximum atomic E-state index is 12.8. The van der Waals surface area contributed by atoms with Crippen LogP contribution in [-0.2, 0) is 6.18 Å². The zero-order valence-corrected chi connectivity index (χ0v) is 14.2. The lowest BCUT2D eigenvalue weighted by atomic mass is 10.2. The third-order valence-corrected chi connectivity index (χ3v) is 3.71. The molecule has 0 aliphatic carbocycles. The van der Waals surface area contributed by atoms with Gasteiger partial charge in [0.2, 0.25) is 0 Å². The van der Waals surface area contributed by atoms with Crippen molar-refractivity contribution in [1.82, 2.24) is 20.5 Å². The molecule has 0 unspecified atom stereocenters. The highest BCUT2D eigenvalue weighted by Gasteiger charge is 2.30. The van der Waals surface area contributed by atoms with Gasteiger partial charge in [-0.2, -0.15) is 23.4 Å². The minimum Gasteiger partial charge on any atom is -0.364 e. The second kappa shape index (κ2) is 7.18. The summed E-state index contributed by atoms with van der Waals surface area (Å²) in [6, 6.07) is 4.75. The molecule has 0 amide bonds. The van der Waals surface area contributed by atoms with Gasteiger partial charge in [0.1, 0.15) is 5.15 Å². The van der Waals surface area contributed by atoms with Crippen molar-refractivity contribution in [2.45, 2.75) is 13.1 Å². The van der Waals surface area contributed by atoms with Crippen LogP contribution in [0.2, 0.25) is 5.15 Å². The number of halogens is 4. The Bertz CT molecular complexity index is 785.